The Bertz CT molecular complexity index is 211. The predicted molar refractivity (Wildman–Crippen MR) is 76.4 cm³/mol. The van der Waals surface area contributed by atoms with Crippen molar-refractivity contribution in [2.24, 2.45) is 5.92 Å². The lowest BCUT2D eigenvalue weighted by molar-refractivity contribution is 0.168. The molecule has 2 heteroatoms. The second-order valence-corrected chi connectivity index (χ2v) is 6.81. The highest BCUT2D eigenvalue weighted by atomic mass is 15.2. The molecule has 1 unspecified atom stereocenters. The van der Waals surface area contributed by atoms with E-state index in [0.29, 0.717) is 0 Å². The molecule has 0 radical (unpaired) electrons. The number of rotatable bonds is 5. The quantitative estimate of drug-likeness (QED) is 0.793. The van der Waals surface area contributed by atoms with Crippen LogP contribution in [0.2, 0.25) is 0 Å². The smallest absolute Gasteiger partial charge is 0.0252 e. The van der Waals surface area contributed by atoms with Crippen LogP contribution in [0.3, 0.4) is 0 Å². The van der Waals surface area contributed by atoms with Crippen molar-refractivity contribution in [2.45, 2.75) is 71.9 Å². The van der Waals surface area contributed by atoms with Crippen molar-refractivity contribution >= 4 is 0 Å². The summed E-state index contributed by atoms with van der Waals surface area (Å²) in [6.07, 6.45) is 5.40. The molecule has 1 atom stereocenters. The van der Waals surface area contributed by atoms with Gasteiger partial charge < -0.3 is 5.32 Å². The van der Waals surface area contributed by atoms with Crippen LogP contribution in [0.25, 0.3) is 0 Å². The summed E-state index contributed by atoms with van der Waals surface area (Å²) in [6.45, 7) is 15.3. The summed E-state index contributed by atoms with van der Waals surface area (Å²) in [5.74, 6) is 0.851. The molecule has 0 bridgehead atoms. The molecule has 1 heterocycles. The highest BCUT2D eigenvalue weighted by molar-refractivity contribution is 4.86. The van der Waals surface area contributed by atoms with E-state index in [1.165, 1.54) is 45.3 Å². The molecule has 1 fully saturated rings. The van der Waals surface area contributed by atoms with Gasteiger partial charge in [-0.15, -0.1) is 0 Å². The monoisotopic (exact) mass is 240 g/mol. The van der Waals surface area contributed by atoms with Crippen LogP contribution in [-0.2, 0) is 0 Å². The minimum absolute atomic E-state index is 0.281. The third kappa shape index (κ3) is 5.87. The van der Waals surface area contributed by atoms with E-state index in [0.717, 1.165) is 12.0 Å². The Morgan fingerprint density at radius 2 is 1.88 bits per heavy atom. The van der Waals surface area contributed by atoms with Crippen molar-refractivity contribution < 1.29 is 0 Å². The first-order chi connectivity index (χ1) is 7.91. The van der Waals surface area contributed by atoms with Gasteiger partial charge in [0, 0.05) is 18.1 Å². The second kappa shape index (κ2) is 6.75. The lowest BCUT2D eigenvalue weighted by atomic mass is 10.0. The van der Waals surface area contributed by atoms with E-state index < -0.39 is 0 Å². The van der Waals surface area contributed by atoms with Gasteiger partial charge in [-0.3, -0.25) is 4.90 Å². The van der Waals surface area contributed by atoms with Crippen LogP contribution in [0.15, 0.2) is 0 Å². The number of hydrogen-bond acceptors (Lipinski definition) is 2. The van der Waals surface area contributed by atoms with Gasteiger partial charge in [0.05, 0.1) is 0 Å². The summed E-state index contributed by atoms with van der Waals surface area (Å²) in [5.41, 5.74) is 0.281. The van der Waals surface area contributed by atoms with Gasteiger partial charge in [-0.2, -0.15) is 0 Å². The van der Waals surface area contributed by atoms with Crippen molar-refractivity contribution in [3.05, 3.63) is 0 Å². The van der Waals surface area contributed by atoms with Gasteiger partial charge in [-0.25, -0.2) is 0 Å². The average molecular weight is 240 g/mol. The maximum atomic E-state index is 3.64. The summed E-state index contributed by atoms with van der Waals surface area (Å²) in [4.78, 5) is 2.68. The molecule has 1 aliphatic heterocycles. The van der Waals surface area contributed by atoms with Crippen molar-refractivity contribution in [3.63, 3.8) is 0 Å². The molecule has 1 aliphatic rings. The summed E-state index contributed by atoms with van der Waals surface area (Å²) < 4.78 is 0. The molecule has 1 N–H and O–H groups in total. The topological polar surface area (TPSA) is 15.3 Å². The minimum Gasteiger partial charge on any atom is -0.310 e. The molecule has 0 aliphatic carbocycles. The zero-order chi connectivity index (χ0) is 12.9. The van der Waals surface area contributed by atoms with Crippen LogP contribution in [0.1, 0.15) is 60.3 Å². The van der Waals surface area contributed by atoms with Gasteiger partial charge in [-0.1, -0.05) is 26.7 Å². The highest BCUT2D eigenvalue weighted by Crippen LogP contribution is 2.17. The van der Waals surface area contributed by atoms with Gasteiger partial charge in [0.1, 0.15) is 0 Å². The van der Waals surface area contributed by atoms with E-state index in [4.69, 9.17) is 0 Å². The Labute approximate surface area is 108 Å². The van der Waals surface area contributed by atoms with E-state index in [1.54, 1.807) is 0 Å². The van der Waals surface area contributed by atoms with Crippen LogP contribution in [0.5, 0.6) is 0 Å². The lowest BCUT2D eigenvalue weighted by Gasteiger charge is -2.34. The molecular formula is C15H32N2. The summed E-state index contributed by atoms with van der Waals surface area (Å²) in [7, 11) is 0. The first kappa shape index (κ1) is 15.0. The standard InChI is InChI=1S/C15H32N2/c1-13(2)8-6-9-14(3)17-11-7-10-16-15(4,5)12-17/h13-14,16H,6-12H2,1-5H3. The van der Waals surface area contributed by atoms with Crippen molar-refractivity contribution in [1.82, 2.24) is 10.2 Å². The molecule has 0 saturated carbocycles. The van der Waals surface area contributed by atoms with E-state index in [1.807, 2.05) is 0 Å². The molecule has 1 saturated heterocycles. The summed E-state index contributed by atoms with van der Waals surface area (Å²) >= 11 is 0. The van der Waals surface area contributed by atoms with Crippen molar-refractivity contribution in [2.75, 3.05) is 19.6 Å². The number of nitrogens with one attached hydrogen (secondary N) is 1. The zero-order valence-corrected chi connectivity index (χ0v) is 12.6. The van der Waals surface area contributed by atoms with Crippen molar-refractivity contribution in [1.29, 1.82) is 0 Å². The maximum absolute atomic E-state index is 3.64. The van der Waals surface area contributed by atoms with Gasteiger partial charge in [-0.05, 0) is 52.6 Å². The van der Waals surface area contributed by atoms with E-state index in [9.17, 15) is 0 Å². The van der Waals surface area contributed by atoms with Crippen LogP contribution < -0.4 is 5.32 Å². The largest absolute Gasteiger partial charge is 0.310 e. The molecule has 0 amide bonds. The molecule has 0 aromatic heterocycles. The van der Waals surface area contributed by atoms with Gasteiger partial charge in [0.25, 0.3) is 0 Å². The molecule has 0 spiro atoms. The normalized spacial score (nSPS) is 23.6. The Hall–Kier alpha value is -0.0800. The van der Waals surface area contributed by atoms with Gasteiger partial charge >= 0.3 is 0 Å². The Morgan fingerprint density at radius 1 is 1.18 bits per heavy atom. The number of hydrogen-bond donors (Lipinski definition) is 1. The third-order valence-corrected chi connectivity index (χ3v) is 3.85. The lowest BCUT2D eigenvalue weighted by Crippen LogP contribution is -2.48. The first-order valence-electron chi connectivity index (χ1n) is 7.40. The fraction of sp³-hybridized carbons (Fsp3) is 1.00. The molecule has 0 aromatic rings. The Balaban J connectivity index is 2.36. The van der Waals surface area contributed by atoms with Crippen LogP contribution in [0, 0.1) is 5.92 Å². The molecule has 17 heavy (non-hydrogen) atoms. The second-order valence-electron chi connectivity index (χ2n) is 6.81. The number of nitrogens with zero attached hydrogens (tertiary/aromatic N) is 1. The van der Waals surface area contributed by atoms with Crippen LogP contribution >= 0.6 is 0 Å². The molecule has 102 valence electrons. The average Bonchev–Trinajstić information content (AvgIpc) is 2.38. The van der Waals surface area contributed by atoms with Crippen LogP contribution in [-0.4, -0.2) is 36.1 Å². The highest BCUT2D eigenvalue weighted by Gasteiger charge is 2.26. The van der Waals surface area contributed by atoms with Crippen molar-refractivity contribution in [3.8, 4) is 0 Å². The third-order valence-electron chi connectivity index (χ3n) is 3.85. The first-order valence-corrected chi connectivity index (χ1v) is 7.40. The van der Waals surface area contributed by atoms with E-state index in [2.05, 4.69) is 44.8 Å². The maximum Gasteiger partial charge on any atom is 0.0252 e. The Kier molecular flexibility index (Phi) is 5.94. The zero-order valence-electron chi connectivity index (χ0n) is 12.6. The van der Waals surface area contributed by atoms with Gasteiger partial charge in [0.2, 0.25) is 0 Å². The van der Waals surface area contributed by atoms with Crippen LogP contribution in [0.4, 0.5) is 0 Å². The van der Waals surface area contributed by atoms with E-state index in [-0.39, 0.29) is 5.54 Å². The summed E-state index contributed by atoms with van der Waals surface area (Å²) in [5, 5.41) is 3.64. The van der Waals surface area contributed by atoms with E-state index >= 15 is 0 Å². The SMILES string of the molecule is CC(C)CCCC(C)N1CCCNC(C)(C)C1. The molecular weight excluding hydrogens is 208 g/mol. The molecule has 0 aromatic carbocycles. The fourth-order valence-electron chi connectivity index (χ4n) is 2.73. The summed E-state index contributed by atoms with van der Waals surface area (Å²) in [6, 6.07) is 0.743. The molecule has 2 nitrogen and oxygen atoms in total. The van der Waals surface area contributed by atoms with Gasteiger partial charge in [0.15, 0.2) is 0 Å². The Morgan fingerprint density at radius 3 is 2.53 bits per heavy atom. The minimum atomic E-state index is 0.281. The molecule has 1 rings (SSSR count). The fourth-order valence-corrected chi connectivity index (χ4v) is 2.73. The predicted octanol–water partition coefficient (Wildman–Crippen LogP) is 3.28.